The van der Waals surface area contributed by atoms with Gasteiger partial charge in [-0.25, -0.2) is 0 Å². The molecule has 1 spiro atoms. The zero-order valence-electron chi connectivity index (χ0n) is 15.7. The minimum atomic E-state index is -0.837. The van der Waals surface area contributed by atoms with Gasteiger partial charge in [-0.1, -0.05) is 11.6 Å². The number of rotatable bonds is 2. The molecule has 0 amide bonds. The van der Waals surface area contributed by atoms with Crippen LogP contribution in [0.4, 0.5) is 11.4 Å². The zero-order chi connectivity index (χ0) is 20.4. The summed E-state index contributed by atoms with van der Waals surface area (Å²) in [5, 5.41) is 12.1. The summed E-state index contributed by atoms with van der Waals surface area (Å²) in [5.41, 5.74) is 1.30. The van der Waals surface area contributed by atoms with Crippen LogP contribution in [0.2, 0.25) is 5.02 Å². The van der Waals surface area contributed by atoms with Gasteiger partial charge < -0.3 is 14.4 Å². The molecule has 0 aromatic heterocycles. The van der Waals surface area contributed by atoms with Gasteiger partial charge in [0, 0.05) is 23.3 Å². The first-order valence-corrected chi connectivity index (χ1v) is 9.78. The number of nitrogens with zero attached hydrogens (tertiary/aromatic N) is 2. The third kappa shape index (κ3) is 2.32. The van der Waals surface area contributed by atoms with E-state index < -0.39 is 16.1 Å². The molecule has 2 aromatic rings. The van der Waals surface area contributed by atoms with E-state index in [1.807, 2.05) is 37.4 Å². The Balaban J connectivity index is 1.93. The van der Waals surface area contributed by atoms with Crippen molar-refractivity contribution >= 4 is 45.0 Å². The fraction of sp³-hybridized carbons (Fsp3) is 0.300. The molecule has 0 fully saturated rings. The molecule has 0 saturated heterocycles. The van der Waals surface area contributed by atoms with E-state index in [9.17, 15) is 10.1 Å². The normalized spacial score (nSPS) is 21.3. The number of fused-ring (bicyclic) bond motifs is 2. The van der Waals surface area contributed by atoms with E-state index in [4.69, 9.17) is 21.1 Å². The zero-order valence-corrected chi connectivity index (χ0v) is 18.1. The van der Waals surface area contributed by atoms with Crippen LogP contribution < -0.4 is 14.4 Å². The van der Waals surface area contributed by atoms with Crippen LogP contribution in [0.25, 0.3) is 6.08 Å². The summed E-state index contributed by atoms with van der Waals surface area (Å²) < 4.78 is 12.4. The van der Waals surface area contributed by atoms with Crippen molar-refractivity contribution in [1.29, 1.82) is 0 Å². The van der Waals surface area contributed by atoms with Gasteiger partial charge in [0.1, 0.15) is 4.47 Å². The van der Waals surface area contributed by atoms with Gasteiger partial charge in [0.25, 0.3) is 5.69 Å². The molecule has 0 bridgehead atoms. The Hall–Kier alpha value is -2.25. The molecule has 2 aliphatic heterocycles. The van der Waals surface area contributed by atoms with Crippen LogP contribution in [0.5, 0.6) is 11.5 Å². The molecule has 0 saturated carbocycles. The van der Waals surface area contributed by atoms with Gasteiger partial charge in [-0.15, -0.1) is 0 Å². The van der Waals surface area contributed by atoms with Gasteiger partial charge in [0.15, 0.2) is 11.5 Å². The van der Waals surface area contributed by atoms with Crippen molar-refractivity contribution in [2.75, 3.05) is 19.1 Å². The quantitative estimate of drug-likeness (QED) is 0.430. The summed E-state index contributed by atoms with van der Waals surface area (Å²) in [7, 11) is 3.43. The highest BCUT2D eigenvalue weighted by Gasteiger charge is 2.58. The maximum atomic E-state index is 11.4. The Kier molecular flexibility index (Phi) is 4.17. The van der Waals surface area contributed by atoms with Crippen LogP contribution in [0.15, 0.2) is 34.8 Å². The van der Waals surface area contributed by atoms with Crippen molar-refractivity contribution in [1.82, 2.24) is 0 Å². The lowest BCUT2D eigenvalue weighted by atomic mass is 9.76. The van der Waals surface area contributed by atoms with Crippen LogP contribution >= 0.6 is 27.5 Å². The summed E-state index contributed by atoms with van der Waals surface area (Å²) in [6.07, 6.45) is 3.79. The Morgan fingerprint density at radius 1 is 1.32 bits per heavy atom. The second-order valence-corrected chi connectivity index (χ2v) is 8.62. The molecule has 4 rings (SSSR count). The fourth-order valence-corrected chi connectivity index (χ4v) is 4.90. The van der Waals surface area contributed by atoms with E-state index in [0.717, 1.165) is 11.3 Å². The molecule has 0 radical (unpaired) electrons. The smallest absolute Gasteiger partial charge is 0.288 e. The summed E-state index contributed by atoms with van der Waals surface area (Å²) >= 11 is 9.60. The van der Waals surface area contributed by atoms with E-state index in [-0.39, 0.29) is 5.69 Å². The van der Waals surface area contributed by atoms with E-state index >= 15 is 0 Å². The van der Waals surface area contributed by atoms with Crippen LogP contribution in [0.1, 0.15) is 25.0 Å². The molecule has 6 nitrogen and oxygen atoms in total. The summed E-state index contributed by atoms with van der Waals surface area (Å²) in [6.45, 7) is 4.18. The molecule has 0 aliphatic carbocycles. The average molecular weight is 466 g/mol. The number of methoxy groups -OCH3 is 1. The van der Waals surface area contributed by atoms with Crippen molar-refractivity contribution < 1.29 is 14.4 Å². The molecule has 8 heteroatoms. The minimum absolute atomic E-state index is 0.0751. The number of anilines is 1. The molecule has 2 aromatic carbocycles. The van der Waals surface area contributed by atoms with Gasteiger partial charge in [0.05, 0.1) is 23.5 Å². The van der Waals surface area contributed by atoms with E-state index in [1.165, 1.54) is 13.2 Å². The summed E-state index contributed by atoms with van der Waals surface area (Å²) in [4.78, 5) is 13.0. The molecule has 28 heavy (non-hydrogen) atoms. The van der Waals surface area contributed by atoms with Crippen LogP contribution in [0, 0.1) is 10.1 Å². The molecule has 146 valence electrons. The molecule has 0 N–H and O–H groups in total. The number of halogens is 2. The summed E-state index contributed by atoms with van der Waals surface area (Å²) in [5.74, 6) is 0.771. The first-order chi connectivity index (χ1) is 13.1. The number of nitro benzene ring substituents is 1. The van der Waals surface area contributed by atoms with Crippen molar-refractivity contribution in [2.45, 2.75) is 25.0 Å². The van der Waals surface area contributed by atoms with Crippen LogP contribution in [-0.2, 0) is 5.41 Å². The molecule has 2 aliphatic rings. The largest absolute Gasteiger partial charge is 0.493 e. The lowest BCUT2D eigenvalue weighted by Crippen LogP contribution is -2.58. The number of nitro groups is 1. The van der Waals surface area contributed by atoms with E-state index in [2.05, 4.69) is 34.7 Å². The maximum Gasteiger partial charge on any atom is 0.288 e. The minimum Gasteiger partial charge on any atom is -0.493 e. The highest BCUT2D eigenvalue weighted by atomic mass is 79.9. The van der Waals surface area contributed by atoms with Gasteiger partial charge in [0.2, 0.25) is 5.72 Å². The van der Waals surface area contributed by atoms with Crippen LogP contribution in [0.3, 0.4) is 0 Å². The monoisotopic (exact) mass is 464 g/mol. The predicted molar refractivity (Wildman–Crippen MR) is 113 cm³/mol. The van der Waals surface area contributed by atoms with Crippen LogP contribution in [-0.4, -0.2) is 24.8 Å². The average Bonchev–Trinajstić information content (AvgIpc) is 2.80. The topological polar surface area (TPSA) is 64.8 Å². The lowest BCUT2D eigenvalue weighted by molar-refractivity contribution is -0.385. The molecular formula is C20H18BrClN2O4. The van der Waals surface area contributed by atoms with Crippen molar-refractivity contribution in [3.63, 3.8) is 0 Å². The summed E-state index contributed by atoms with van der Waals surface area (Å²) in [6, 6.07) is 7.16. The number of benzene rings is 2. The van der Waals surface area contributed by atoms with Gasteiger partial charge >= 0.3 is 0 Å². The number of hydrogen-bond acceptors (Lipinski definition) is 5. The first-order valence-electron chi connectivity index (χ1n) is 8.61. The maximum absolute atomic E-state index is 11.4. The SMILES string of the molecule is COc1cc([N+](=O)[O-])c(Br)c2c1OC1(C=C2)N(C)c2ccc(Cl)cc2C1(C)C. The van der Waals surface area contributed by atoms with Crippen molar-refractivity contribution in [3.05, 3.63) is 61.1 Å². The Morgan fingerprint density at radius 2 is 2.04 bits per heavy atom. The second-order valence-electron chi connectivity index (χ2n) is 7.39. The predicted octanol–water partition coefficient (Wildman–Crippen LogP) is 5.55. The van der Waals surface area contributed by atoms with Gasteiger partial charge in [-0.05, 0) is 65.7 Å². The highest BCUT2D eigenvalue weighted by Crippen LogP contribution is 2.57. The molecule has 1 unspecified atom stereocenters. The van der Waals surface area contributed by atoms with E-state index in [1.54, 1.807) is 0 Å². The number of likely N-dealkylation sites (N-methyl/N-ethyl adjacent to an activating group) is 1. The van der Waals surface area contributed by atoms with Gasteiger partial charge in [-0.2, -0.15) is 0 Å². The van der Waals surface area contributed by atoms with Crippen molar-refractivity contribution in [2.24, 2.45) is 0 Å². The van der Waals surface area contributed by atoms with E-state index in [0.29, 0.717) is 26.6 Å². The molecular weight excluding hydrogens is 448 g/mol. The molecule has 2 heterocycles. The lowest BCUT2D eigenvalue weighted by Gasteiger charge is -2.46. The number of ether oxygens (including phenoxy) is 2. The van der Waals surface area contributed by atoms with Crippen molar-refractivity contribution in [3.8, 4) is 11.5 Å². The highest BCUT2D eigenvalue weighted by molar-refractivity contribution is 9.10. The third-order valence-corrected chi connectivity index (χ3v) is 6.80. The second kappa shape index (κ2) is 6.12. The van der Waals surface area contributed by atoms with Gasteiger partial charge in [-0.3, -0.25) is 10.1 Å². The molecule has 1 atom stereocenters. The number of hydrogen-bond donors (Lipinski definition) is 0. The first kappa shape index (κ1) is 19.1. The fourth-order valence-electron chi connectivity index (χ4n) is 4.16. The Morgan fingerprint density at radius 3 is 2.68 bits per heavy atom. The Labute approximate surface area is 176 Å². The standard InChI is InChI=1S/C20H18BrClN2O4/c1-19(2)13-9-11(22)5-6-14(13)23(3)20(19)8-7-12-17(21)15(24(25)26)10-16(27-4)18(12)28-20/h5-10H,1-4H3. The third-order valence-electron chi connectivity index (χ3n) is 5.73. The Bertz CT molecular complexity index is 1050.